The van der Waals surface area contributed by atoms with Crippen LogP contribution in [0, 0.1) is 0 Å². The quantitative estimate of drug-likeness (QED) is 0.576. The molecule has 4 aromatic rings. The molecular weight excluding hydrogens is 347 g/mol. The molecule has 6 nitrogen and oxygen atoms in total. The summed E-state index contributed by atoms with van der Waals surface area (Å²) < 4.78 is 39.9. The molecule has 26 heavy (non-hydrogen) atoms. The van der Waals surface area contributed by atoms with Crippen molar-refractivity contribution >= 4 is 27.6 Å². The SMILES string of the molecule is Nc1ncccc1-c1cccc2c1c1[nH]ncc1c(=O)n2CC(F)(F)F. The van der Waals surface area contributed by atoms with E-state index < -0.39 is 18.3 Å². The van der Waals surface area contributed by atoms with Crippen LogP contribution in [0.5, 0.6) is 0 Å². The molecule has 0 atom stereocenters. The summed E-state index contributed by atoms with van der Waals surface area (Å²) in [5.41, 5.74) is 6.83. The molecular formula is C17H12F3N5O. The summed E-state index contributed by atoms with van der Waals surface area (Å²) in [5, 5.41) is 7.07. The summed E-state index contributed by atoms with van der Waals surface area (Å²) in [6, 6.07) is 8.18. The smallest absolute Gasteiger partial charge is 0.383 e. The zero-order valence-corrected chi connectivity index (χ0v) is 13.2. The van der Waals surface area contributed by atoms with Gasteiger partial charge in [0.1, 0.15) is 12.4 Å². The molecule has 0 amide bonds. The third-order valence-electron chi connectivity index (χ3n) is 4.16. The number of hydrogen-bond donors (Lipinski definition) is 2. The Morgan fingerprint density at radius 1 is 1.15 bits per heavy atom. The van der Waals surface area contributed by atoms with Crippen LogP contribution in [0.1, 0.15) is 0 Å². The number of nitrogen functional groups attached to an aromatic ring is 1. The maximum absolute atomic E-state index is 13.0. The van der Waals surface area contributed by atoms with Crippen LogP contribution in [0.3, 0.4) is 0 Å². The van der Waals surface area contributed by atoms with Gasteiger partial charge in [-0.25, -0.2) is 4.98 Å². The fourth-order valence-electron chi connectivity index (χ4n) is 3.13. The van der Waals surface area contributed by atoms with E-state index in [9.17, 15) is 18.0 Å². The first-order valence-electron chi connectivity index (χ1n) is 7.63. The molecule has 132 valence electrons. The van der Waals surface area contributed by atoms with Crippen LogP contribution < -0.4 is 11.3 Å². The number of hydrogen-bond acceptors (Lipinski definition) is 4. The highest BCUT2D eigenvalue weighted by molar-refractivity contribution is 6.11. The maximum atomic E-state index is 13.0. The third kappa shape index (κ3) is 2.48. The Kier molecular flexibility index (Phi) is 3.46. The van der Waals surface area contributed by atoms with Crippen molar-refractivity contribution in [1.29, 1.82) is 0 Å². The minimum absolute atomic E-state index is 0.0802. The number of rotatable bonds is 2. The van der Waals surface area contributed by atoms with E-state index in [0.717, 1.165) is 0 Å². The summed E-state index contributed by atoms with van der Waals surface area (Å²) in [6.45, 7) is -1.39. The van der Waals surface area contributed by atoms with Gasteiger partial charge in [-0.15, -0.1) is 0 Å². The van der Waals surface area contributed by atoms with Crippen molar-refractivity contribution in [3.05, 3.63) is 53.1 Å². The summed E-state index contributed by atoms with van der Waals surface area (Å²) >= 11 is 0. The average Bonchev–Trinajstić information content (AvgIpc) is 3.07. The molecule has 9 heteroatoms. The van der Waals surface area contributed by atoms with Gasteiger partial charge in [0.2, 0.25) is 0 Å². The highest BCUT2D eigenvalue weighted by Crippen LogP contribution is 2.34. The molecule has 0 aliphatic carbocycles. The summed E-state index contributed by atoms with van der Waals surface area (Å²) in [5.74, 6) is 0.237. The van der Waals surface area contributed by atoms with E-state index in [0.29, 0.717) is 26.6 Å². The standard InChI is InChI=1S/C17H12F3N5O/c18-17(19,20)8-25-12-5-1-3-9(10-4-2-6-22-15(10)21)13(12)14-11(16(25)26)7-23-24-14/h1-7H,8H2,(H2,21,22)(H,23,24). The first-order chi connectivity index (χ1) is 12.4. The largest absolute Gasteiger partial charge is 0.406 e. The molecule has 0 saturated carbocycles. The topological polar surface area (TPSA) is 89.6 Å². The molecule has 0 aliphatic rings. The number of fused-ring (bicyclic) bond motifs is 3. The normalized spacial score (nSPS) is 12.1. The second kappa shape index (κ2) is 5.58. The number of aromatic nitrogens is 4. The molecule has 0 saturated heterocycles. The average molecular weight is 359 g/mol. The Morgan fingerprint density at radius 3 is 2.65 bits per heavy atom. The van der Waals surface area contributed by atoms with Gasteiger partial charge in [-0.05, 0) is 23.8 Å². The Hall–Kier alpha value is -3.36. The van der Waals surface area contributed by atoms with E-state index in [1.807, 2.05) is 0 Å². The van der Waals surface area contributed by atoms with Crippen LogP contribution in [-0.4, -0.2) is 25.9 Å². The number of benzene rings is 1. The van der Waals surface area contributed by atoms with E-state index in [2.05, 4.69) is 15.2 Å². The van der Waals surface area contributed by atoms with Gasteiger partial charge in [-0.3, -0.25) is 14.5 Å². The van der Waals surface area contributed by atoms with Crippen LogP contribution in [0.4, 0.5) is 19.0 Å². The predicted octanol–water partition coefficient (Wildman–Crippen LogP) is 3.08. The van der Waals surface area contributed by atoms with Gasteiger partial charge in [0.05, 0.1) is 22.6 Å². The number of nitrogens with zero attached hydrogens (tertiary/aromatic N) is 3. The second-order valence-corrected chi connectivity index (χ2v) is 5.80. The molecule has 0 spiro atoms. The number of anilines is 1. The lowest BCUT2D eigenvalue weighted by molar-refractivity contribution is -0.140. The highest BCUT2D eigenvalue weighted by Gasteiger charge is 2.30. The van der Waals surface area contributed by atoms with Gasteiger partial charge >= 0.3 is 6.18 Å². The first kappa shape index (κ1) is 16.1. The lowest BCUT2D eigenvalue weighted by Crippen LogP contribution is -2.28. The van der Waals surface area contributed by atoms with Gasteiger partial charge in [0.15, 0.2) is 0 Å². The van der Waals surface area contributed by atoms with Crippen LogP contribution in [-0.2, 0) is 6.54 Å². The van der Waals surface area contributed by atoms with Crippen molar-refractivity contribution < 1.29 is 13.2 Å². The van der Waals surface area contributed by atoms with Crippen molar-refractivity contribution in [2.45, 2.75) is 12.7 Å². The van der Waals surface area contributed by atoms with Gasteiger partial charge < -0.3 is 5.73 Å². The van der Waals surface area contributed by atoms with Gasteiger partial charge in [-0.2, -0.15) is 18.3 Å². The Bertz CT molecular complexity index is 1190. The molecule has 1 aromatic carbocycles. The summed E-state index contributed by atoms with van der Waals surface area (Å²) in [6.07, 6.45) is -1.79. The lowest BCUT2D eigenvalue weighted by Gasteiger charge is -2.16. The molecule has 0 aliphatic heterocycles. The molecule has 4 rings (SSSR count). The van der Waals surface area contributed by atoms with Crippen LogP contribution >= 0.6 is 0 Å². The number of alkyl halides is 3. The monoisotopic (exact) mass is 359 g/mol. The van der Waals surface area contributed by atoms with E-state index in [-0.39, 0.29) is 16.7 Å². The van der Waals surface area contributed by atoms with E-state index in [1.165, 1.54) is 18.5 Å². The molecule has 3 heterocycles. The molecule has 0 unspecified atom stereocenters. The predicted molar refractivity (Wildman–Crippen MR) is 91.6 cm³/mol. The van der Waals surface area contributed by atoms with Crippen molar-refractivity contribution in [3.8, 4) is 11.1 Å². The van der Waals surface area contributed by atoms with Crippen LogP contribution in [0.25, 0.3) is 32.9 Å². The van der Waals surface area contributed by atoms with E-state index >= 15 is 0 Å². The van der Waals surface area contributed by atoms with Crippen LogP contribution in [0.2, 0.25) is 0 Å². The molecule has 3 aromatic heterocycles. The third-order valence-corrected chi connectivity index (χ3v) is 4.16. The minimum Gasteiger partial charge on any atom is -0.383 e. The minimum atomic E-state index is -4.54. The number of pyridine rings is 2. The van der Waals surface area contributed by atoms with Gasteiger partial charge in [-0.1, -0.05) is 12.1 Å². The van der Waals surface area contributed by atoms with E-state index in [1.54, 1.807) is 24.3 Å². The van der Waals surface area contributed by atoms with Crippen molar-refractivity contribution in [3.63, 3.8) is 0 Å². The summed E-state index contributed by atoms with van der Waals surface area (Å²) in [7, 11) is 0. The molecule has 0 radical (unpaired) electrons. The van der Waals surface area contributed by atoms with Gasteiger partial charge in [0.25, 0.3) is 5.56 Å². The molecule has 0 bridgehead atoms. The zero-order valence-electron chi connectivity index (χ0n) is 13.2. The van der Waals surface area contributed by atoms with Crippen molar-refractivity contribution in [1.82, 2.24) is 19.7 Å². The van der Waals surface area contributed by atoms with Crippen molar-refractivity contribution in [2.75, 3.05) is 5.73 Å². The number of halogens is 3. The summed E-state index contributed by atoms with van der Waals surface area (Å²) in [4.78, 5) is 16.6. The Labute approximate surface area is 144 Å². The fraction of sp³-hybridized carbons (Fsp3) is 0.118. The van der Waals surface area contributed by atoms with E-state index in [4.69, 9.17) is 5.73 Å². The second-order valence-electron chi connectivity index (χ2n) is 5.80. The number of aromatic amines is 1. The highest BCUT2D eigenvalue weighted by atomic mass is 19.4. The number of nitrogens with one attached hydrogen (secondary N) is 1. The molecule has 3 N–H and O–H groups in total. The first-order valence-corrected chi connectivity index (χ1v) is 7.63. The lowest BCUT2D eigenvalue weighted by atomic mass is 9.99. The van der Waals surface area contributed by atoms with Crippen LogP contribution in [0.15, 0.2) is 47.5 Å². The maximum Gasteiger partial charge on any atom is 0.406 e. The number of H-pyrrole nitrogens is 1. The zero-order chi connectivity index (χ0) is 18.5. The van der Waals surface area contributed by atoms with Crippen molar-refractivity contribution in [2.24, 2.45) is 0 Å². The molecule has 0 fully saturated rings. The Morgan fingerprint density at radius 2 is 1.92 bits per heavy atom. The van der Waals surface area contributed by atoms with Gasteiger partial charge in [0, 0.05) is 17.1 Å². The fourth-order valence-corrected chi connectivity index (χ4v) is 3.13. The number of nitrogens with two attached hydrogens (primary N) is 1. The Balaban J connectivity index is 2.18.